The summed E-state index contributed by atoms with van der Waals surface area (Å²) < 4.78 is 8.89. The fourth-order valence-electron chi connectivity index (χ4n) is 1.29. The van der Waals surface area contributed by atoms with Gasteiger partial charge in [-0.25, -0.2) is 4.79 Å². The van der Waals surface area contributed by atoms with E-state index in [9.17, 15) is 9.59 Å². The molecule has 0 aromatic heterocycles. The third kappa shape index (κ3) is 5.01. The minimum absolute atomic E-state index is 0.113. The number of esters is 1. The van der Waals surface area contributed by atoms with Crippen molar-refractivity contribution in [3.8, 4) is 0 Å². The van der Waals surface area contributed by atoms with Crippen molar-refractivity contribution in [2.45, 2.75) is 19.8 Å². The zero-order valence-corrected chi connectivity index (χ0v) is 9.64. The van der Waals surface area contributed by atoms with Crippen molar-refractivity contribution in [1.82, 2.24) is 0 Å². The number of ether oxygens (including phenoxy) is 2. The molecule has 0 aliphatic rings. The van der Waals surface area contributed by atoms with Crippen LogP contribution in [-0.4, -0.2) is 18.7 Å². The number of nitrogens with two attached hydrogens (primary N) is 1. The van der Waals surface area contributed by atoms with Crippen LogP contribution in [0, 0.1) is 0 Å². The van der Waals surface area contributed by atoms with Crippen LogP contribution in [0.3, 0.4) is 0 Å². The standard InChI is InChI=1S/C12H15NO4/c1-2-16-12(15)17-11(14)7-6-9-4-3-5-10(13)8-9/h3-5,8H,2,6-7,13H2,1H3. The quantitative estimate of drug-likeness (QED) is 0.491. The number of rotatable bonds is 4. The van der Waals surface area contributed by atoms with E-state index in [1.54, 1.807) is 25.1 Å². The molecule has 0 bridgehead atoms. The first kappa shape index (κ1) is 13.0. The van der Waals surface area contributed by atoms with E-state index in [4.69, 9.17) is 5.73 Å². The lowest BCUT2D eigenvalue weighted by atomic mass is 10.1. The van der Waals surface area contributed by atoms with Crippen molar-refractivity contribution in [2.24, 2.45) is 0 Å². The second-order valence-electron chi connectivity index (χ2n) is 3.40. The van der Waals surface area contributed by atoms with E-state index in [1.165, 1.54) is 0 Å². The van der Waals surface area contributed by atoms with Gasteiger partial charge in [0.2, 0.25) is 0 Å². The van der Waals surface area contributed by atoms with Crippen molar-refractivity contribution in [2.75, 3.05) is 12.3 Å². The third-order valence-electron chi connectivity index (χ3n) is 2.03. The summed E-state index contributed by atoms with van der Waals surface area (Å²) in [6, 6.07) is 7.20. The maximum atomic E-state index is 11.2. The topological polar surface area (TPSA) is 78.6 Å². The number of carbonyl (C=O) groups is 2. The second kappa shape index (κ2) is 6.52. The molecule has 1 rings (SSSR count). The lowest BCUT2D eigenvalue weighted by Gasteiger charge is -2.03. The highest BCUT2D eigenvalue weighted by atomic mass is 16.7. The summed E-state index contributed by atoms with van der Waals surface area (Å²) >= 11 is 0. The van der Waals surface area contributed by atoms with Crippen molar-refractivity contribution >= 4 is 17.8 Å². The van der Waals surface area contributed by atoms with Gasteiger partial charge in [0, 0.05) is 5.69 Å². The zero-order chi connectivity index (χ0) is 12.7. The van der Waals surface area contributed by atoms with Crippen LogP contribution in [0.5, 0.6) is 0 Å². The summed E-state index contributed by atoms with van der Waals surface area (Å²) in [5, 5.41) is 0. The van der Waals surface area contributed by atoms with Gasteiger partial charge in [0.05, 0.1) is 13.0 Å². The molecular formula is C12H15NO4. The van der Waals surface area contributed by atoms with Crippen LogP contribution >= 0.6 is 0 Å². The third-order valence-corrected chi connectivity index (χ3v) is 2.03. The molecule has 0 heterocycles. The summed E-state index contributed by atoms with van der Waals surface area (Å²) in [5.41, 5.74) is 7.16. The van der Waals surface area contributed by atoms with Gasteiger partial charge in [0.25, 0.3) is 0 Å². The molecule has 2 N–H and O–H groups in total. The minimum atomic E-state index is -0.954. The van der Waals surface area contributed by atoms with Crippen molar-refractivity contribution in [3.05, 3.63) is 29.8 Å². The van der Waals surface area contributed by atoms with Crippen LogP contribution in [-0.2, 0) is 20.7 Å². The van der Waals surface area contributed by atoms with Gasteiger partial charge in [0.1, 0.15) is 0 Å². The molecule has 1 aromatic rings. The van der Waals surface area contributed by atoms with Crippen molar-refractivity contribution in [3.63, 3.8) is 0 Å². The lowest BCUT2D eigenvalue weighted by Crippen LogP contribution is -2.14. The zero-order valence-electron chi connectivity index (χ0n) is 9.64. The van der Waals surface area contributed by atoms with E-state index < -0.39 is 12.1 Å². The Morgan fingerprint density at radius 2 is 2.12 bits per heavy atom. The first-order chi connectivity index (χ1) is 8.11. The maximum absolute atomic E-state index is 11.2. The molecule has 0 saturated carbocycles. The molecule has 0 unspecified atom stereocenters. The molecule has 0 saturated heterocycles. The first-order valence-electron chi connectivity index (χ1n) is 5.33. The van der Waals surface area contributed by atoms with Gasteiger partial charge in [-0.2, -0.15) is 0 Å². The lowest BCUT2D eigenvalue weighted by molar-refractivity contribution is -0.139. The van der Waals surface area contributed by atoms with Crippen LogP contribution in [0.1, 0.15) is 18.9 Å². The van der Waals surface area contributed by atoms with E-state index in [-0.39, 0.29) is 13.0 Å². The minimum Gasteiger partial charge on any atom is -0.434 e. The number of benzene rings is 1. The highest BCUT2D eigenvalue weighted by Crippen LogP contribution is 2.09. The van der Waals surface area contributed by atoms with Crippen molar-refractivity contribution in [1.29, 1.82) is 0 Å². The average Bonchev–Trinajstić information content (AvgIpc) is 2.27. The molecule has 1 aromatic carbocycles. The van der Waals surface area contributed by atoms with Gasteiger partial charge in [-0.3, -0.25) is 4.79 Å². The molecule has 0 aliphatic carbocycles. The molecule has 0 amide bonds. The smallest absolute Gasteiger partial charge is 0.434 e. The largest absolute Gasteiger partial charge is 0.516 e. The first-order valence-corrected chi connectivity index (χ1v) is 5.33. The summed E-state index contributed by atoms with van der Waals surface area (Å²) in [6.45, 7) is 1.82. The number of nitrogen functional groups attached to an aromatic ring is 1. The Kier molecular flexibility index (Phi) is 5.00. The van der Waals surface area contributed by atoms with Crippen LogP contribution in [0.4, 0.5) is 10.5 Å². The Balaban J connectivity index is 2.35. The number of hydrogen-bond donors (Lipinski definition) is 1. The molecule has 17 heavy (non-hydrogen) atoms. The van der Waals surface area contributed by atoms with Gasteiger partial charge in [-0.05, 0) is 31.0 Å². The van der Waals surface area contributed by atoms with Crippen LogP contribution < -0.4 is 5.73 Å². The Morgan fingerprint density at radius 1 is 1.35 bits per heavy atom. The molecular weight excluding hydrogens is 222 g/mol. The number of hydrogen-bond acceptors (Lipinski definition) is 5. The van der Waals surface area contributed by atoms with Gasteiger partial charge < -0.3 is 15.2 Å². The van der Waals surface area contributed by atoms with Crippen LogP contribution in [0.2, 0.25) is 0 Å². The number of carbonyl (C=O) groups excluding carboxylic acids is 2. The van der Waals surface area contributed by atoms with Gasteiger partial charge >= 0.3 is 12.1 Å². The Morgan fingerprint density at radius 3 is 2.76 bits per heavy atom. The van der Waals surface area contributed by atoms with E-state index >= 15 is 0 Å². The molecule has 92 valence electrons. The van der Waals surface area contributed by atoms with E-state index in [1.807, 2.05) is 6.07 Å². The van der Waals surface area contributed by atoms with Crippen LogP contribution in [0.25, 0.3) is 0 Å². The Bertz CT molecular complexity index is 403. The fourth-order valence-corrected chi connectivity index (χ4v) is 1.29. The Hall–Kier alpha value is -2.04. The van der Waals surface area contributed by atoms with E-state index in [0.29, 0.717) is 12.1 Å². The number of anilines is 1. The molecule has 0 radical (unpaired) electrons. The maximum Gasteiger partial charge on any atom is 0.516 e. The Labute approximate surface area is 99.5 Å². The van der Waals surface area contributed by atoms with Gasteiger partial charge in [-0.15, -0.1) is 0 Å². The summed E-state index contributed by atoms with van der Waals surface area (Å²) in [5.74, 6) is -0.606. The molecule has 0 aliphatic heterocycles. The van der Waals surface area contributed by atoms with Crippen LogP contribution in [0.15, 0.2) is 24.3 Å². The SMILES string of the molecule is CCOC(=O)OC(=O)CCc1cccc(N)c1. The molecule has 5 nitrogen and oxygen atoms in total. The van der Waals surface area contributed by atoms with Gasteiger partial charge in [-0.1, -0.05) is 12.1 Å². The molecule has 0 fully saturated rings. The van der Waals surface area contributed by atoms with E-state index in [0.717, 1.165) is 5.56 Å². The summed E-state index contributed by atoms with van der Waals surface area (Å²) in [4.78, 5) is 22.1. The fraction of sp³-hybridized carbons (Fsp3) is 0.333. The number of aryl methyl sites for hydroxylation is 1. The monoisotopic (exact) mass is 237 g/mol. The van der Waals surface area contributed by atoms with E-state index in [2.05, 4.69) is 9.47 Å². The molecule has 0 atom stereocenters. The average molecular weight is 237 g/mol. The normalized spacial score (nSPS) is 9.71. The highest BCUT2D eigenvalue weighted by Gasteiger charge is 2.10. The predicted molar refractivity (Wildman–Crippen MR) is 62.3 cm³/mol. The molecule has 0 spiro atoms. The predicted octanol–water partition coefficient (Wildman–Crippen LogP) is 1.90. The summed E-state index contributed by atoms with van der Waals surface area (Å²) in [7, 11) is 0. The highest BCUT2D eigenvalue weighted by molar-refractivity contribution is 5.81. The molecule has 5 heteroatoms. The second-order valence-corrected chi connectivity index (χ2v) is 3.40. The van der Waals surface area contributed by atoms with Crippen molar-refractivity contribution < 1.29 is 19.1 Å². The van der Waals surface area contributed by atoms with Gasteiger partial charge in [0.15, 0.2) is 0 Å². The summed E-state index contributed by atoms with van der Waals surface area (Å²) in [6.07, 6.45) is -0.365.